The first-order chi connectivity index (χ1) is 15.9. The van der Waals surface area contributed by atoms with Crippen molar-refractivity contribution in [3.8, 4) is 0 Å². The van der Waals surface area contributed by atoms with Crippen LogP contribution in [0.15, 0.2) is 11.0 Å². The molecule has 1 unspecified atom stereocenters. The third-order valence-electron chi connectivity index (χ3n) is 7.48. The molecule has 2 aromatic heterocycles. The normalized spacial score (nSPS) is 27.0. The minimum Gasteiger partial charge on any atom is -0.414 e. The maximum Gasteiger partial charge on any atom is 0.335 e. The quantitative estimate of drug-likeness (QED) is 0.503. The first-order valence-electron chi connectivity index (χ1n) is 12.4. The van der Waals surface area contributed by atoms with Crippen molar-refractivity contribution < 1.29 is 17.7 Å². The lowest BCUT2D eigenvalue weighted by Gasteiger charge is -2.51. The topological polar surface area (TPSA) is 124 Å². The Hall–Kier alpha value is -1.51. The molecule has 3 atom stereocenters. The molecular formula is C23H40N4O5Si2. The first-order valence-corrected chi connectivity index (χ1v) is 16.4. The Balaban J connectivity index is 1.74. The van der Waals surface area contributed by atoms with Crippen LogP contribution >= 0.6 is 0 Å². The zero-order chi connectivity index (χ0) is 25.0. The van der Waals surface area contributed by atoms with Crippen LogP contribution in [-0.4, -0.2) is 50.9 Å². The number of fused-ring (bicyclic) bond motifs is 2. The van der Waals surface area contributed by atoms with Gasteiger partial charge in [0, 0.05) is 18.2 Å². The number of aromatic amines is 2. The van der Waals surface area contributed by atoms with Crippen LogP contribution < -0.4 is 11.3 Å². The van der Waals surface area contributed by atoms with Crippen molar-refractivity contribution >= 4 is 34.1 Å². The summed E-state index contributed by atoms with van der Waals surface area (Å²) in [5.74, 6) is 0.0889. The van der Waals surface area contributed by atoms with E-state index in [9.17, 15) is 4.79 Å². The molecule has 34 heavy (non-hydrogen) atoms. The third kappa shape index (κ3) is 4.09. The van der Waals surface area contributed by atoms with E-state index >= 15 is 0 Å². The van der Waals surface area contributed by atoms with Crippen LogP contribution in [0.5, 0.6) is 0 Å². The van der Waals surface area contributed by atoms with Gasteiger partial charge >= 0.3 is 17.1 Å². The van der Waals surface area contributed by atoms with Crippen molar-refractivity contribution in [2.75, 3.05) is 12.3 Å². The van der Waals surface area contributed by atoms with Crippen LogP contribution in [0.3, 0.4) is 0 Å². The van der Waals surface area contributed by atoms with Gasteiger partial charge in [0.05, 0.1) is 18.8 Å². The Bertz CT molecular complexity index is 1070. The summed E-state index contributed by atoms with van der Waals surface area (Å²) in [6.07, 6.45) is 1.79. The predicted octanol–water partition coefficient (Wildman–Crippen LogP) is 4.62. The van der Waals surface area contributed by atoms with E-state index in [-0.39, 0.29) is 52.0 Å². The maximum atomic E-state index is 12.3. The van der Waals surface area contributed by atoms with Crippen LogP contribution in [0.25, 0.3) is 11.0 Å². The van der Waals surface area contributed by atoms with Crippen molar-refractivity contribution in [1.82, 2.24) is 15.0 Å². The maximum absolute atomic E-state index is 12.3. The molecule has 4 N–H and O–H groups in total. The number of nitrogen functional groups attached to an aromatic ring is 1. The molecule has 2 aromatic rings. The lowest BCUT2D eigenvalue weighted by molar-refractivity contribution is -0.0383. The van der Waals surface area contributed by atoms with Crippen molar-refractivity contribution in [1.29, 1.82) is 0 Å². The molecule has 4 rings (SSSR count). The highest BCUT2D eigenvalue weighted by molar-refractivity contribution is 6.83. The summed E-state index contributed by atoms with van der Waals surface area (Å²) >= 11 is 0. The molecule has 4 heterocycles. The summed E-state index contributed by atoms with van der Waals surface area (Å²) in [6.45, 7) is 18.1. The number of H-pyrrole nitrogens is 2. The van der Waals surface area contributed by atoms with E-state index in [2.05, 4.69) is 70.3 Å². The Morgan fingerprint density at radius 3 is 2.21 bits per heavy atom. The van der Waals surface area contributed by atoms with Crippen molar-refractivity contribution in [3.63, 3.8) is 0 Å². The van der Waals surface area contributed by atoms with Gasteiger partial charge in [-0.2, -0.15) is 0 Å². The van der Waals surface area contributed by atoms with Crippen molar-refractivity contribution in [2.45, 2.75) is 102 Å². The third-order valence-corrected chi connectivity index (χ3v) is 17.8. The van der Waals surface area contributed by atoms with Crippen LogP contribution in [0, 0.1) is 0 Å². The van der Waals surface area contributed by atoms with Crippen LogP contribution in [0.4, 0.5) is 5.95 Å². The fraction of sp³-hybridized carbons (Fsp3) is 0.739. The Kier molecular flexibility index (Phi) is 6.90. The number of nitrogens with two attached hydrogens (primary N) is 1. The molecule has 0 aromatic carbocycles. The fourth-order valence-electron chi connectivity index (χ4n) is 5.65. The number of nitrogens with zero attached hydrogens (tertiary/aromatic N) is 1. The highest BCUT2D eigenvalue weighted by Crippen LogP contribution is 2.49. The molecule has 2 saturated heterocycles. The van der Waals surface area contributed by atoms with E-state index in [1.165, 1.54) is 0 Å². The smallest absolute Gasteiger partial charge is 0.335 e. The van der Waals surface area contributed by atoms with Gasteiger partial charge in [0.25, 0.3) is 5.56 Å². The van der Waals surface area contributed by atoms with E-state index < -0.39 is 17.1 Å². The Morgan fingerprint density at radius 2 is 1.62 bits per heavy atom. The summed E-state index contributed by atoms with van der Waals surface area (Å²) in [5, 5.41) is 0. The highest BCUT2D eigenvalue weighted by atomic mass is 28.5. The minimum absolute atomic E-state index is 0.0889. The van der Waals surface area contributed by atoms with E-state index in [4.69, 9.17) is 23.4 Å². The molecule has 0 aliphatic carbocycles. The van der Waals surface area contributed by atoms with Crippen molar-refractivity contribution in [2.24, 2.45) is 0 Å². The minimum atomic E-state index is -2.69. The average molecular weight is 509 g/mol. The zero-order valence-corrected chi connectivity index (χ0v) is 23.6. The second-order valence-electron chi connectivity index (χ2n) is 10.9. The standard InChI is InChI=1S/C23H40N4O5Si2/c1-12(2)33(13(3)4)29-11-19-18(31-34(32-33,14(5)6)15(7)8)9-17(30-19)16-10-25-21-20(16)26-23(24)27-22(21)28/h10,12-15,17-19,25H,9,11H2,1-8H3,(H3,24,26,27,28)/t17-,18?,19-/m1/s1. The van der Waals surface area contributed by atoms with Gasteiger partial charge in [0.15, 0.2) is 0 Å². The number of hydrogen-bond donors (Lipinski definition) is 3. The lowest BCUT2D eigenvalue weighted by atomic mass is 10.1. The van der Waals surface area contributed by atoms with Crippen LogP contribution in [0.1, 0.15) is 73.5 Å². The molecule has 0 radical (unpaired) electrons. The highest BCUT2D eigenvalue weighted by Gasteiger charge is 2.60. The Labute approximate surface area is 203 Å². The van der Waals surface area contributed by atoms with Gasteiger partial charge in [-0.15, -0.1) is 0 Å². The lowest BCUT2D eigenvalue weighted by Crippen LogP contribution is -2.65. The predicted molar refractivity (Wildman–Crippen MR) is 137 cm³/mol. The van der Waals surface area contributed by atoms with E-state index in [1.54, 1.807) is 6.20 Å². The molecule has 0 spiro atoms. The summed E-state index contributed by atoms with van der Waals surface area (Å²) < 4.78 is 27.7. The number of anilines is 1. The molecule has 0 saturated carbocycles. The Morgan fingerprint density at radius 1 is 1.00 bits per heavy atom. The van der Waals surface area contributed by atoms with E-state index in [0.717, 1.165) is 5.56 Å². The largest absolute Gasteiger partial charge is 0.414 e. The fourth-order valence-corrected chi connectivity index (χ4v) is 16.9. The molecule has 11 heteroatoms. The molecule has 0 bridgehead atoms. The first kappa shape index (κ1) is 25.6. The van der Waals surface area contributed by atoms with Gasteiger partial charge in [-0.3, -0.25) is 9.78 Å². The summed E-state index contributed by atoms with van der Waals surface area (Å²) in [7, 11) is -5.31. The second-order valence-corrected chi connectivity index (χ2v) is 19.8. The van der Waals surface area contributed by atoms with Gasteiger partial charge in [-0.1, -0.05) is 55.4 Å². The van der Waals surface area contributed by atoms with Gasteiger partial charge in [0.1, 0.15) is 17.1 Å². The molecule has 2 fully saturated rings. The van der Waals surface area contributed by atoms with Gasteiger partial charge in [-0.25, -0.2) is 4.98 Å². The second kappa shape index (κ2) is 9.18. The summed E-state index contributed by atoms with van der Waals surface area (Å²) in [4.78, 5) is 22.3. The van der Waals surface area contributed by atoms with E-state index in [1.807, 2.05) is 0 Å². The SMILES string of the molecule is CC(C)[Si]1(C(C)C)OC[C@H]2O[C@@H](c3c[nH]c4c(=O)[nH]c(N)nc34)CC2O[Si](C(C)C)(C(C)C)O1. The summed E-state index contributed by atoms with van der Waals surface area (Å²) in [6, 6.07) is 0. The molecule has 0 amide bonds. The van der Waals surface area contributed by atoms with E-state index in [0.29, 0.717) is 24.1 Å². The summed E-state index contributed by atoms with van der Waals surface area (Å²) in [5.41, 5.74) is 8.37. The number of aromatic nitrogens is 3. The van der Waals surface area contributed by atoms with Gasteiger partial charge in [-0.05, 0) is 22.2 Å². The van der Waals surface area contributed by atoms with Crippen molar-refractivity contribution in [3.05, 3.63) is 22.1 Å². The zero-order valence-electron chi connectivity index (χ0n) is 21.6. The van der Waals surface area contributed by atoms with Crippen LogP contribution in [-0.2, 0) is 17.7 Å². The van der Waals surface area contributed by atoms with Gasteiger partial charge in [0.2, 0.25) is 5.95 Å². The molecular weight excluding hydrogens is 468 g/mol. The monoisotopic (exact) mass is 508 g/mol. The number of rotatable bonds is 5. The van der Waals surface area contributed by atoms with Crippen LogP contribution in [0.2, 0.25) is 22.2 Å². The molecule has 9 nitrogen and oxygen atoms in total. The molecule has 190 valence electrons. The van der Waals surface area contributed by atoms with Gasteiger partial charge < -0.3 is 28.4 Å². The number of ether oxygens (including phenoxy) is 1. The average Bonchev–Trinajstić information content (AvgIpc) is 3.31. The molecule has 2 aliphatic heterocycles. The number of nitrogens with one attached hydrogen (secondary N) is 2. The molecule has 2 aliphatic rings. The number of hydrogen-bond acceptors (Lipinski definition) is 7.